The van der Waals surface area contributed by atoms with Crippen molar-refractivity contribution in [1.82, 2.24) is 15.5 Å². The van der Waals surface area contributed by atoms with Gasteiger partial charge in [-0.3, -0.25) is 10.1 Å². The lowest BCUT2D eigenvalue weighted by Gasteiger charge is -2.17. The van der Waals surface area contributed by atoms with Crippen LogP contribution in [-0.4, -0.2) is 29.3 Å². The normalized spacial score (nSPS) is 12.7. The van der Waals surface area contributed by atoms with Crippen LogP contribution in [0.25, 0.3) is 0 Å². The average molecular weight is 283 g/mol. The molecule has 0 aliphatic heterocycles. The fourth-order valence-electron chi connectivity index (χ4n) is 1.89. The fraction of sp³-hybridized carbons (Fsp3) is 0.786. The lowest BCUT2D eigenvalue weighted by Crippen LogP contribution is -2.38. The third-order valence-corrected chi connectivity index (χ3v) is 2.96. The van der Waals surface area contributed by atoms with E-state index in [-0.39, 0.29) is 12.0 Å². The minimum atomic E-state index is -0.342. The lowest BCUT2D eigenvalue weighted by molar-refractivity contribution is -0.143. The number of rotatable bonds is 9. The van der Waals surface area contributed by atoms with Crippen molar-refractivity contribution in [2.75, 3.05) is 7.11 Å². The van der Waals surface area contributed by atoms with Crippen LogP contribution in [0.1, 0.15) is 51.7 Å². The van der Waals surface area contributed by atoms with Crippen molar-refractivity contribution in [3.05, 3.63) is 11.7 Å². The summed E-state index contributed by atoms with van der Waals surface area (Å²) in [6.07, 6.45) is 3.68. The molecule has 114 valence electrons. The Hall–Kier alpha value is -1.43. The molecule has 1 rings (SSSR count). The van der Waals surface area contributed by atoms with E-state index in [1.165, 1.54) is 7.11 Å². The molecule has 1 atom stereocenters. The Labute approximate surface area is 120 Å². The average Bonchev–Trinajstić information content (AvgIpc) is 2.87. The van der Waals surface area contributed by atoms with Crippen LogP contribution in [0.4, 0.5) is 0 Å². The van der Waals surface area contributed by atoms with Gasteiger partial charge in [0.05, 0.1) is 13.7 Å². The molecular weight excluding hydrogens is 258 g/mol. The number of aromatic nitrogens is 2. The van der Waals surface area contributed by atoms with Crippen molar-refractivity contribution in [3.63, 3.8) is 0 Å². The molecule has 0 fully saturated rings. The number of hydrogen-bond donors (Lipinski definition) is 1. The molecule has 0 aromatic carbocycles. The fourth-order valence-corrected chi connectivity index (χ4v) is 1.89. The second-order valence-electron chi connectivity index (χ2n) is 5.29. The van der Waals surface area contributed by atoms with E-state index in [4.69, 9.17) is 9.26 Å². The van der Waals surface area contributed by atoms with Crippen molar-refractivity contribution >= 4 is 5.97 Å². The molecule has 0 bridgehead atoms. The first-order chi connectivity index (χ1) is 9.56. The number of hydrogen-bond acceptors (Lipinski definition) is 6. The van der Waals surface area contributed by atoms with Gasteiger partial charge in [0.25, 0.3) is 0 Å². The second kappa shape index (κ2) is 8.68. The molecule has 0 saturated heterocycles. The summed E-state index contributed by atoms with van der Waals surface area (Å²) in [5.74, 6) is 1.37. The van der Waals surface area contributed by atoms with Gasteiger partial charge in [0.2, 0.25) is 5.89 Å². The summed E-state index contributed by atoms with van der Waals surface area (Å²) in [7, 11) is 1.40. The van der Waals surface area contributed by atoms with Crippen LogP contribution in [0.5, 0.6) is 0 Å². The summed E-state index contributed by atoms with van der Waals surface area (Å²) in [4.78, 5) is 16.0. The zero-order valence-corrected chi connectivity index (χ0v) is 12.8. The summed E-state index contributed by atoms with van der Waals surface area (Å²) < 4.78 is 9.95. The number of methoxy groups -OCH3 is 1. The zero-order valence-electron chi connectivity index (χ0n) is 12.8. The van der Waals surface area contributed by atoms with Crippen molar-refractivity contribution in [1.29, 1.82) is 0 Å². The SMILES string of the molecule is CCCCc1noc(CNC(CC(C)C)C(=O)OC)n1. The van der Waals surface area contributed by atoms with Gasteiger partial charge in [0.15, 0.2) is 5.82 Å². The van der Waals surface area contributed by atoms with Crippen LogP contribution in [0.15, 0.2) is 4.52 Å². The van der Waals surface area contributed by atoms with Crippen molar-refractivity contribution < 1.29 is 14.1 Å². The zero-order chi connectivity index (χ0) is 15.0. The molecule has 1 aromatic heterocycles. The first-order valence-corrected chi connectivity index (χ1v) is 7.19. The van der Waals surface area contributed by atoms with Gasteiger partial charge in [0.1, 0.15) is 6.04 Å². The summed E-state index contributed by atoms with van der Waals surface area (Å²) in [5, 5.41) is 7.03. The Morgan fingerprint density at radius 2 is 2.20 bits per heavy atom. The number of ether oxygens (including phenoxy) is 1. The Balaban J connectivity index is 2.49. The van der Waals surface area contributed by atoms with Crippen LogP contribution < -0.4 is 5.32 Å². The predicted molar refractivity (Wildman–Crippen MR) is 75.0 cm³/mol. The molecule has 1 unspecified atom stereocenters. The molecule has 1 heterocycles. The van der Waals surface area contributed by atoms with Gasteiger partial charge in [-0.2, -0.15) is 4.98 Å². The number of esters is 1. The molecular formula is C14H25N3O3. The van der Waals surface area contributed by atoms with E-state index in [0.717, 1.165) is 25.1 Å². The molecule has 20 heavy (non-hydrogen) atoms. The van der Waals surface area contributed by atoms with Crippen LogP contribution in [-0.2, 0) is 22.5 Å². The van der Waals surface area contributed by atoms with Crippen molar-refractivity contribution in [2.24, 2.45) is 5.92 Å². The lowest BCUT2D eigenvalue weighted by atomic mass is 10.0. The molecule has 1 aromatic rings. The summed E-state index contributed by atoms with van der Waals surface area (Å²) in [5.41, 5.74) is 0. The monoisotopic (exact) mass is 283 g/mol. The van der Waals surface area contributed by atoms with E-state index in [1.807, 2.05) is 0 Å². The van der Waals surface area contributed by atoms with Crippen LogP contribution in [0, 0.1) is 5.92 Å². The number of carbonyl (C=O) groups is 1. The van der Waals surface area contributed by atoms with Gasteiger partial charge in [-0.25, -0.2) is 0 Å². The number of nitrogens with zero attached hydrogens (tertiary/aromatic N) is 2. The third-order valence-electron chi connectivity index (χ3n) is 2.96. The maximum absolute atomic E-state index is 11.7. The predicted octanol–water partition coefficient (Wildman–Crippen LogP) is 2.09. The Morgan fingerprint density at radius 1 is 1.45 bits per heavy atom. The standard InChI is InChI=1S/C14H25N3O3/c1-5-6-7-12-16-13(20-17-12)9-15-11(8-10(2)3)14(18)19-4/h10-11,15H,5-9H2,1-4H3. The molecule has 6 heteroatoms. The van der Waals surface area contributed by atoms with E-state index < -0.39 is 0 Å². The van der Waals surface area contributed by atoms with E-state index in [0.29, 0.717) is 24.8 Å². The minimum Gasteiger partial charge on any atom is -0.468 e. The highest BCUT2D eigenvalue weighted by atomic mass is 16.5. The van der Waals surface area contributed by atoms with Crippen molar-refractivity contribution in [3.8, 4) is 0 Å². The number of nitrogens with one attached hydrogen (secondary N) is 1. The first-order valence-electron chi connectivity index (χ1n) is 7.19. The quantitative estimate of drug-likeness (QED) is 0.699. The highest BCUT2D eigenvalue weighted by molar-refractivity contribution is 5.75. The number of unbranched alkanes of at least 4 members (excludes halogenated alkanes) is 1. The van der Waals surface area contributed by atoms with E-state index in [1.54, 1.807) is 0 Å². The minimum absolute atomic E-state index is 0.260. The summed E-state index contributed by atoms with van der Waals surface area (Å²) in [6, 6.07) is -0.342. The van der Waals surface area contributed by atoms with Gasteiger partial charge in [-0.1, -0.05) is 32.3 Å². The molecule has 0 radical (unpaired) electrons. The Morgan fingerprint density at radius 3 is 2.80 bits per heavy atom. The molecule has 0 amide bonds. The maximum Gasteiger partial charge on any atom is 0.322 e. The molecule has 0 aliphatic carbocycles. The topological polar surface area (TPSA) is 77.2 Å². The van der Waals surface area contributed by atoms with Crippen molar-refractivity contribution in [2.45, 2.75) is 59.0 Å². The van der Waals surface area contributed by atoms with E-state index in [2.05, 4.69) is 36.2 Å². The number of carbonyl (C=O) groups excluding carboxylic acids is 1. The van der Waals surface area contributed by atoms with Gasteiger partial charge in [-0.15, -0.1) is 0 Å². The van der Waals surface area contributed by atoms with E-state index in [9.17, 15) is 4.79 Å². The Bertz CT molecular complexity index is 404. The summed E-state index contributed by atoms with van der Waals surface area (Å²) >= 11 is 0. The van der Waals surface area contributed by atoms with Crippen LogP contribution in [0.3, 0.4) is 0 Å². The van der Waals surface area contributed by atoms with Gasteiger partial charge in [-0.05, 0) is 18.8 Å². The van der Waals surface area contributed by atoms with Gasteiger partial charge < -0.3 is 9.26 Å². The first kappa shape index (κ1) is 16.6. The largest absolute Gasteiger partial charge is 0.468 e. The molecule has 0 spiro atoms. The van der Waals surface area contributed by atoms with E-state index >= 15 is 0 Å². The van der Waals surface area contributed by atoms with Crippen LogP contribution >= 0.6 is 0 Å². The molecule has 0 aliphatic rings. The second-order valence-corrected chi connectivity index (χ2v) is 5.29. The molecule has 1 N–H and O–H groups in total. The highest BCUT2D eigenvalue weighted by Crippen LogP contribution is 2.08. The molecule has 0 saturated carbocycles. The third kappa shape index (κ3) is 5.69. The van der Waals surface area contributed by atoms with Gasteiger partial charge in [0, 0.05) is 6.42 Å². The number of aryl methyl sites for hydroxylation is 1. The van der Waals surface area contributed by atoms with Gasteiger partial charge >= 0.3 is 5.97 Å². The molecule has 6 nitrogen and oxygen atoms in total. The Kier molecular flexibility index (Phi) is 7.22. The highest BCUT2D eigenvalue weighted by Gasteiger charge is 2.20. The maximum atomic E-state index is 11.7. The van der Waals surface area contributed by atoms with Crippen LogP contribution in [0.2, 0.25) is 0 Å². The summed E-state index contributed by atoms with van der Waals surface area (Å²) in [6.45, 7) is 6.63. The smallest absolute Gasteiger partial charge is 0.322 e.